The molecule has 1 heterocycles. The first-order valence-corrected chi connectivity index (χ1v) is 9.15. The van der Waals surface area contributed by atoms with Crippen molar-refractivity contribution in [2.24, 2.45) is 0 Å². The van der Waals surface area contributed by atoms with Crippen molar-refractivity contribution < 1.29 is 27.1 Å². The minimum absolute atomic E-state index is 0.00921. The molecule has 1 aliphatic carbocycles. The zero-order valence-corrected chi connectivity index (χ0v) is 15.5. The van der Waals surface area contributed by atoms with Crippen LogP contribution in [0.4, 0.5) is 17.6 Å². The maximum Gasteiger partial charge on any atom is 0.524 e. The van der Waals surface area contributed by atoms with Gasteiger partial charge in [0.25, 0.3) is 0 Å². The van der Waals surface area contributed by atoms with E-state index in [2.05, 4.69) is 15.4 Å². The summed E-state index contributed by atoms with van der Waals surface area (Å²) in [6.07, 6.45) is -3.28. The van der Waals surface area contributed by atoms with Gasteiger partial charge in [0.1, 0.15) is 6.17 Å². The van der Waals surface area contributed by atoms with E-state index in [4.69, 9.17) is 11.6 Å². The van der Waals surface area contributed by atoms with Gasteiger partial charge in [0.15, 0.2) is 5.06 Å². The topological polar surface area (TPSA) is 50.4 Å². The van der Waals surface area contributed by atoms with Gasteiger partial charge in [0.2, 0.25) is 5.91 Å². The zero-order valence-electron chi connectivity index (χ0n) is 14.7. The molecule has 1 amide bonds. The molecule has 0 radical (unpaired) electrons. The van der Waals surface area contributed by atoms with Gasteiger partial charge < -0.3 is 10.6 Å². The number of hydrogen-bond donors (Lipinski definition) is 2. The molecule has 1 aromatic carbocycles. The number of ether oxygens (including phenoxy) is 1. The molecule has 1 unspecified atom stereocenters. The maximum absolute atomic E-state index is 13.5. The van der Waals surface area contributed by atoms with Crippen molar-refractivity contribution in [2.75, 3.05) is 6.54 Å². The zero-order chi connectivity index (χ0) is 20.4. The second-order valence-electron chi connectivity index (χ2n) is 6.71. The van der Waals surface area contributed by atoms with E-state index in [0.29, 0.717) is 18.5 Å². The van der Waals surface area contributed by atoms with Crippen molar-refractivity contribution in [3.8, 4) is 0 Å². The highest BCUT2D eigenvalue weighted by atomic mass is 35.5. The maximum atomic E-state index is 13.5. The summed E-state index contributed by atoms with van der Waals surface area (Å²) in [7, 11) is 0. The normalized spacial score (nSPS) is 28.3. The second-order valence-corrected chi connectivity index (χ2v) is 7.32. The minimum Gasteiger partial charge on any atom is -0.328 e. The standard InChI is InChI=1S/C19H19ClF4N2O2/c20-18(28-19(22,23)24)11-14(6-7-15(18)12-4-2-1-3-5-12)26-17(27)16-10-13(21)8-9-25-16/h1-7,13,16,25H,8-11H2,(H,26,27)/t13-,16-,18?/m1/s1. The highest BCUT2D eigenvalue weighted by Crippen LogP contribution is 2.45. The smallest absolute Gasteiger partial charge is 0.328 e. The molecule has 3 atom stereocenters. The number of piperidine rings is 1. The summed E-state index contributed by atoms with van der Waals surface area (Å²) in [6.45, 7) is 0.354. The van der Waals surface area contributed by atoms with Crippen LogP contribution in [0.2, 0.25) is 0 Å². The van der Waals surface area contributed by atoms with E-state index in [0.717, 1.165) is 0 Å². The molecule has 0 bridgehead atoms. The Balaban J connectivity index is 1.83. The van der Waals surface area contributed by atoms with Gasteiger partial charge in [-0.3, -0.25) is 9.53 Å². The molecule has 1 aromatic rings. The lowest BCUT2D eigenvalue weighted by Gasteiger charge is -2.34. The molecule has 9 heteroatoms. The summed E-state index contributed by atoms with van der Waals surface area (Å²) >= 11 is 6.27. The van der Waals surface area contributed by atoms with Crippen LogP contribution in [0.25, 0.3) is 5.57 Å². The molecule has 0 aromatic heterocycles. The Hall–Kier alpha value is -1.90. The molecule has 2 N–H and O–H groups in total. The average Bonchev–Trinajstić information content (AvgIpc) is 2.60. The van der Waals surface area contributed by atoms with Crippen LogP contribution in [0.3, 0.4) is 0 Å². The first-order chi connectivity index (χ1) is 13.2. The Morgan fingerprint density at radius 1 is 1.25 bits per heavy atom. The van der Waals surface area contributed by atoms with Crippen LogP contribution >= 0.6 is 11.6 Å². The number of amides is 1. The van der Waals surface area contributed by atoms with Gasteiger partial charge in [-0.1, -0.05) is 48.0 Å². The third-order valence-electron chi connectivity index (χ3n) is 4.57. The molecule has 0 saturated carbocycles. The summed E-state index contributed by atoms with van der Waals surface area (Å²) in [5.74, 6) is -0.517. The monoisotopic (exact) mass is 418 g/mol. The predicted molar refractivity (Wildman–Crippen MR) is 96.9 cm³/mol. The summed E-state index contributed by atoms with van der Waals surface area (Å²) in [5, 5.41) is 3.20. The Morgan fingerprint density at radius 3 is 2.61 bits per heavy atom. The van der Waals surface area contributed by atoms with E-state index in [1.165, 1.54) is 12.2 Å². The SMILES string of the molecule is O=C(NC1=CC=C(c2ccccc2)C(Cl)(OC(F)(F)F)C1)[C@H]1C[C@H](F)CCN1. The Morgan fingerprint density at radius 2 is 1.96 bits per heavy atom. The number of carbonyl (C=O) groups is 1. The number of hydrogen-bond acceptors (Lipinski definition) is 3. The van der Waals surface area contributed by atoms with Gasteiger partial charge in [-0.2, -0.15) is 0 Å². The molecule has 152 valence electrons. The quantitative estimate of drug-likeness (QED) is 0.573. The number of allylic oxidation sites excluding steroid dienone is 2. The summed E-state index contributed by atoms with van der Waals surface area (Å²) < 4.78 is 56.8. The molecular formula is C19H19ClF4N2O2. The van der Waals surface area contributed by atoms with Crippen LogP contribution in [-0.2, 0) is 9.53 Å². The van der Waals surface area contributed by atoms with Crippen molar-refractivity contribution in [3.05, 3.63) is 53.7 Å². The van der Waals surface area contributed by atoms with E-state index in [1.54, 1.807) is 30.3 Å². The third kappa shape index (κ3) is 5.12. The van der Waals surface area contributed by atoms with Crippen LogP contribution < -0.4 is 10.6 Å². The summed E-state index contributed by atoms with van der Waals surface area (Å²) in [4.78, 5) is 12.4. The molecule has 0 spiro atoms. The van der Waals surface area contributed by atoms with Crippen molar-refractivity contribution >= 4 is 23.1 Å². The number of nitrogens with one attached hydrogen (secondary N) is 2. The molecule has 1 fully saturated rings. The van der Waals surface area contributed by atoms with Crippen LogP contribution in [0, 0.1) is 0 Å². The van der Waals surface area contributed by atoms with Gasteiger partial charge in [-0.05, 0) is 24.6 Å². The average molecular weight is 419 g/mol. The fourth-order valence-corrected chi connectivity index (χ4v) is 3.72. The number of halogens is 5. The van der Waals surface area contributed by atoms with E-state index >= 15 is 0 Å². The molecule has 2 aliphatic rings. The van der Waals surface area contributed by atoms with Gasteiger partial charge >= 0.3 is 6.36 Å². The predicted octanol–water partition coefficient (Wildman–Crippen LogP) is 4.04. The van der Waals surface area contributed by atoms with Gasteiger partial charge in [0, 0.05) is 24.1 Å². The fourth-order valence-electron chi connectivity index (χ4n) is 3.31. The molecule has 3 rings (SSSR count). The van der Waals surface area contributed by atoms with Gasteiger partial charge in [-0.25, -0.2) is 4.39 Å². The molecular weight excluding hydrogens is 400 g/mol. The molecule has 28 heavy (non-hydrogen) atoms. The van der Waals surface area contributed by atoms with Gasteiger partial charge in [0.05, 0.1) is 6.04 Å². The molecule has 4 nitrogen and oxygen atoms in total. The van der Waals surface area contributed by atoms with Crippen molar-refractivity contribution in [2.45, 2.75) is 42.9 Å². The third-order valence-corrected chi connectivity index (χ3v) is 4.99. The number of carbonyl (C=O) groups excluding carboxylic acids is 1. The minimum atomic E-state index is -4.98. The van der Waals surface area contributed by atoms with E-state index in [9.17, 15) is 22.4 Å². The highest BCUT2D eigenvalue weighted by Gasteiger charge is 2.47. The Kier molecular flexibility index (Phi) is 6.12. The van der Waals surface area contributed by atoms with Crippen LogP contribution in [-0.4, -0.2) is 36.1 Å². The van der Waals surface area contributed by atoms with Crippen LogP contribution in [0.15, 0.2) is 48.2 Å². The number of alkyl halides is 5. The van der Waals surface area contributed by atoms with Crippen LogP contribution in [0.5, 0.6) is 0 Å². The first kappa shape index (κ1) is 20.8. The lowest BCUT2D eigenvalue weighted by molar-refractivity contribution is -0.342. The highest BCUT2D eigenvalue weighted by molar-refractivity contribution is 6.29. The Labute approximate surface area is 164 Å². The fraction of sp³-hybridized carbons (Fsp3) is 0.421. The second kappa shape index (κ2) is 8.23. The lowest BCUT2D eigenvalue weighted by Crippen LogP contribution is -2.49. The summed E-state index contributed by atoms with van der Waals surface area (Å²) in [5.41, 5.74) is 0.758. The number of rotatable bonds is 4. The van der Waals surface area contributed by atoms with E-state index in [1.807, 2.05) is 0 Å². The van der Waals surface area contributed by atoms with E-state index < -0.39 is 36.0 Å². The van der Waals surface area contributed by atoms with Gasteiger partial charge in [-0.15, -0.1) is 13.2 Å². The Bertz CT molecular complexity index is 782. The number of benzene rings is 1. The van der Waals surface area contributed by atoms with Crippen molar-refractivity contribution in [3.63, 3.8) is 0 Å². The van der Waals surface area contributed by atoms with E-state index in [-0.39, 0.29) is 17.7 Å². The van der Waals surface area contributed by atoms with Crippen LogP contribution in [0.1, 0.15) is 24.8 Å². The summed E-state index contributed by atoms with van der Waals surface area (Å²) in [6, 6.07) is 7.55. The molecule has 1 aliphatic heterocycles. The van der Waals surface area contributed by atoms with Crippen molar-refractivity contribution in [1.82, 2.24) is 10.6 Å². The lowest BCUT2D eigenvalue weighted by atomic mass is 9.92. The molecule has 1 saturated heterocycles. The first-order valence-electron chi connectivity index (χ1n) is 8.77. The van der Waals surface area contributed by atoms with Crippen molar-refractivity contribution in [1.29, 1.82) is 0 Å². The largest absolute Gasteiger partial charge is 0.524 e.